The van der Waals surface area contributed by atoms with Crippen LogP contribution in [0.3, 0.4) is 0 Å². The average molecular weight is 380 g/mol. The Hall–Kier alpha value is -1.56. The summed E-state index contributed by atoms with van der Waals surface area (Å²) >= 11 is 12.0. The number of fused-ring (bicyclic) bond motifs is 3. The molecule has 0 radical (unpaired) electrons. The number of aromatic nitrogens is 1. The van der Waals surface area contributed by atoms with Gasteiger partial charge in [0, 0.05) is 27.7 Å². The Bertz CT molecular complexity index is 777. The topological polar surface area (TPSA) is 58.4 Å². The van der Waals surface area contributed by atoms with Crippen molar-refractivity contribution in [1.82, 2.24) is 15.2 Å². The number of nitrogens with zero attached hydrogens (tertiary/aromatic N) is 2. The summed E-state index contributed by atoms with van der Waals surface area (Å²) in [4.78, 5) is 19.1. The Labute approximate surface area is 156 Å². The summed E-state index contributed by atoms with van der Waals surface area (Å²) in [6, 6.07) is 5.59. The highest BCUT2D eigenvalue weighted by Gasteiger charge is 2.40. The second-order valence-corrected chi connectivity index (χ2v) is 7.67. The van der Waals surface area contributed by atoms with Crippen LogP contribution in [0.2, 0.25) is 10.0 Å². The number of hydrogen-bond donors (Lipinski definition) is 1. The van der Waals surface area contributed by atoms with Crippen molar-refractivity contribution in [2.24, 2.45) is 5.92 Å². The van der Waals surface area contributed by atoms with Crippen LogP contribution in [0.15, 0.2) is 28.8 Å². The van der Waals surface area contributed by atoms with Gasteiger partial charge >= 0.3 is 5.91 Å². The first-order valence-corrected chi connectivity index (χ1v) is 9.24. The van der Waals surface area contributed by atoms with Crippen molar-refractivity contribution in [2.45, 2.75) is 31.8 Å². The summed E-state index contributed by atoms with van der Waals surface area (Å²) in [5.74, 6) is 0.793. The van der Waals surface area contributed by atoms with Crippen molar-refractivity contribution in [1.29, 1.82) is 0 Å². The smallest absolute Gasteiger partial charge is 0.307 e. The summed E-state index contributed by atoms with van der Waals surface area (Å²) < 4.78 is 5.64. The van der Waals surface area contributed by atoms with Crippen molar-refractivity contribution in [2.75, 3.05) is 13.1 Å². The lowest BCUT2D eigenvalue weighted by molar-refractivity contribution is 0.0210. The predicted molar refractivity (Wildman–Crippen MR) is 97.0 cm³/mol. The quantitative estimate of drug-likeness (QED) is 0.879. The lowest BCUT2D eigenvalue weighted by Gasteiger charge is -2.49. The first-order chi connectivity index (χ1) is 12.0. The van der Waals surface area contributed by atoms with Crippen LogP contribution < -0.4 is 5.32 Å². The highest BCUT2D eigenvalue weighted by Crippen LogP contribution is 2.32. The Morgan fingerprint density at radius 1 is 1.24 bits per heavy atom. The Balaban J connectivity index is 1.51. The number of carbonyl (C=O) groups is 1. The van der Waals surface area contributed by atoms with E-state index >= 15 is 0 Å². The van der Waals surface area contributed by atoms with E-state index in [9.17, 15) is 4.79 Å². The molecular weight excluding hydrogens is 361 g/mol. The molecule has 0 aliphatic carbocycles. The van der Waals surface area contributed by atoms with E-state index < -0.39 is 0 Å². The zero-order valence-corrected chi connectivity index (χ0v) is 15.3. The fourth-order valence-corrected chi connectivity index (χ4v) is 4.49. The van der Waals surface area contributed by atoms with Crippen LogP contribution in [0.25, 0.3) is 11.3 Å². The van der Waals surface area contributed by atoms with Gasteiger partial charge in [-0.2, -0.15) is 0 Å². The monoisotopic (exact) mass is 379 g/mol. The molecule has 2 unspecified atom stereocenters. The van der Waals surface area contributed by atoms with Gasteiger partial charge in [-0.3, -0.25) is 9.69 Å². The fraction of sp³-hybridized carbons (Fsp3) is 0.444. The van der Waals surface area contributed by atoms with Crippen molar-refractivity contribution >= 4 is 29.1 Å². The second kappa shape index (κ2) is 6.63. The maximum Gasteiger partial charge on any atom is 0.307 e. The minimum atomic E-state index is -0.273. The lowest BCUT2D eigenvalue weighted by atomic mass is 9.79. The molecule has 1 aromatic carbocycles. The number of benzene rings is 1. The molecule has 1 amide bonds. The van der Waals surface area contributed by atoms with E-state index in [0.717, 1.165) is 25.9 Å². The standard InChI is InChI=1S/C18H19Cl2N3O2/c1-10-16(11-2-4-23(10)5-3-11)22-17(24)18-21-9-15(25-18)12-6-13(19)8-14(20)7-12/h6-11,16H,2-5H2,1H3,(H,22,24). The predicted octanol–water partition coefficient (Wildman–Crippen LogP) is 3.86. The van der Waals surface area contributed by atoms with Crippen LogP contribution >= 0.6 is 23.2 Å². The third kappa shape index (κ3) is 3.28. The number of hydrogen-bond acceptors (Lipinski definition) is 4. The normalized spacial score (nSPS) is 28.1. The summed E-state index contributed by atoms with van der Waals surface area (Å²) in [5, 5.41) is 4.13. The van der Waals surface area contributed by atoms with Crippen LogP contribution in [-0.4, -0.2) is 41.0 Å². The van der Waals surface area contributed by atoms with E-state index in [1.54, 1.807) is 18.2 Å². The van der Waals surface area contributed by atoms with Gasteiger partial charge < -0.3 is 9.73 Å². The molecule has 3 fully saturated rings. The summed E-state index contributed by atoms with van der Waals surface area (Å²) in [6.45, 7) is 4.42. The molecule has 4 heterocycles. The SMILES string of the molecule is CC1C(NC(=O)c2ncc(-c3cc(Cl)cc(Cl)c3)o2)C2CCN1CC2. The zero-order valence-electron chi connectivity index (χ0n) is 13.8. The van der Waals surface area contributed by atoms with Gasteiger partial charge in [0.1, 0.15) is 0 Å². The number of piperidine rings is 3. The summed E-state index contributed by atoms with van der Waals surface area (Å²) in [6.07, 6.45) is 3.79. The van der Waals surface area contributed by atoms with E-state index in [2.05, 4.69) is 22.1 Å². The molecule has 3 aliphatic heterocycles. The maximum absolute atomic E-state index is 12.6. The minimum absolute atomic E-state index is 0.0646. The molecule has 2 aromatic rings. The molecule has 2 bridgehead atoms. The fourth-order valence-electron chi connectivity index (χ4n) is 3.97. The molecule has 0 spiro atoms. The second-order valence-electron chi connectivity index (χ2n) is 6.80. The van der Waals surface area contributed by atoms with Crippen molar-refractivity contribution in [3.05, 3.63) is 40.3 Å². The van der Waals surface area contributed by atoms with Crippen molar-refractivity contribution in [3.8, 4) is 11.3 Å². The van der Waals surface area contributed by atoms with Gasteiger partial charge in [0.15, 0.2) is 5.76 Å². The molecule has 3 aliphatic rings. The zero-order chi connectivity index (χ0) is 17.6. The van der Waals surface area contributed by atoms with Gasteiger partial charge in [0.25, 0.3) is 5.89 Å². The molecule has 7 heteroatoms. The highest BCUT2D eigenvalue weighted by molar-refractivity contribution is 6.35. The number of nitrogens with one attached hydrogen (secondary N) is 1. The van der Waals surface area contributed by atoms with E-state index in [-0.39, 0.29) is 17.8 Å². The van der Waals surface area contributed by atoms with Crippen LogP contribution in [0.4, 0.5) is 0 Å². The molecular formula is C18H19Cl2N3O2. The first kappa shape index (κ1) is 16.9. The number of rotatable bonds is 3. The van der Waals surface area contributed by atoms with Gasteiger partial charge in [-0.25, -0.2) is 4.98 Å². The van der Waals surface area contributed by atoms with Crippen molar-refractivity contribution in [3.63, 3.8) is 0 Å². The van der Waals surface area contributed by atoms with E-state index in [1.165, 1.54) is 6.20 Å². The molecule has 1 N–H and O–H groups in total. The summed E-state index contributed by atoms with van der Waals surface area (Å²) in [5.41, 5.74) is 0.695. The number of amides is 1. The van der Waals surface area contributed by atoms with Crippen LogP contribution in [0, 0.1) is 5.92 Å². The van der Waals surface area contributed by atoms with E-state index in [4.69, 9.17) is 27.6 Å². The van der Waals surface area contributed by atoms with Gasteiger partial charge in [-0.1, -0.05) is 23.2 Å². The van der Waals surface area contributed by atoms with Crippen LogP contribution in [-0.2, 0) is 0 Å². The molecule has 0 saturated carbocycles. The van der Waals surface area contributed by atoms with E-state index in [1.807, 2.05) is 0 Å². The van der Waals surface area contributed by atoms with Crippen LogP contribution in [0.5, 0.6) is 0 Å². The van der Waals surface area contributed by atoms with Crippen molar-refractivity contribution < 1.29 is 9.21 Å². The van der Waals surface area contributed by atoms with Crippen LogP contribution in [0.1, 0.15) is 30.5 Å². The molecule has 2 atom stereocenters. The molecule has 1 aromatic heterocycles. The number of halogens is 2. The van der Waals surface area contributed by atoms with E-state index in [0.29, 0.717) is 33.3 Å². The van der Waals surface area contributed by atoms with Gasteiger partial charge in [0.2, 0.25) is 0 Å². The number of carbonyl (C=O) groups excluding carboxylic acids is 1. The molecule has 25 heavy (non-hydrogen) atoms. The average Bonchev–Trinajstić information content (AvgIpc) is 3.08. The highest BCUT2D eigenvalue weighted by atomic mass is 35.5. The van der Waals surface area contributed by atoms with Gasteiger partial charge in [-0.15, -0.1) is 0 Å². The molecule has 5 nitrogen and oxygen atoms in total. The van der Waals surface area contributed by atoms with Gasteiger partial charge in [-0.05, 0) is 57.0 Å². The Morgan fingerprint density at radius 3 is 2.56 bits per heavy atom. The maximum atomic E-state index is 12.6. The molecule has 5 rings (SSSR count). The Kier molecular flexibility index (Phi) is 4.48. The first-order valence-electron chi connectivity index (χ1n) is 8.48. The van der Waals surface area contributed by atoms with Gasteiger partial charge in [0.05, 0.1) is 6.20 Å². The third-order valence-corrected chi connectivity index (χ3v) is 5.76. The molecule has 3 saturated heterocycles. The minimum Gasteiger partial charge on any atom is -0.432 e. The largest absolute Gasteiger partial charge is 0.432 e. The molecule has 132 valence electrons. The number of oxazole rings is 1. The Morgan fingerprint density at radius 2 is 1.92 bits per heavy atom. The third-order valence-electron chi connectivity index (χ3n) is 5.32. The lowest BCUT2D eigenvalue weighted by Crippen LogP contribution is -2.62. The summed E-state index contributed by atoms with van der Waals surface area (Å²) in [7, 11) is 0.